The first kappa shape index (κ1) is 17.6. The summed E-state index contributed by atoms with van der Waals surface area (Å²) in [6.45, 7) is 0.0711. The Labute approximate surface area is 138 Å². The molecule has 2 rings (SSSR count). The fourth-order valence-corrected chi connectivity index (χ4v) is 2.18. The van der Waals surface area contributed by atoms with Crippen LogP contribution in [-0.2, 0) is 25.7 Å². The van der Waals surface area contributed by atoms with Crippen LogP contribution >= 0.6 is 0 Å². The van der Waals surface area contributed by atoms with Gasteiger partial charge in [-0.25, -0.2) is 9.69 Å². The van der Waals surface area contributed by atoms with Crippen molar-refractivity contribution in [3.8, 4) is 0 Å². The van der Waals surface area contributed by atoms with E-state index in [4.69, 9.17) is 4.74 Å². The van der Waals surface area contributed by atoms with E-state index < -0.39 is 29.9 Å². The highest BCUT2D eigenvalue weighted by Gasteiger charge is 2.37. The largest absolute Gasteiger partial charge is 0.445 e. The zero-order valence-corrected chi connectivity index (χ0v) is 12.9. The van der Waals surface area contributed by atoms with Gasteiger partial charge in [0.2, 0.25) is 11.8 Å². The third-order valence-electron chi connectivity index (χ3n) is 3.46. The lowest BCUT2D eigenvalue weighted by atomic mass is 10.2. The lowest BCUT2D eigenvalue weighted by Gasteiger charge is -2.16. The van der Waals surface area contributed by atoms with E-state index in [2.05, 4.69) is 5.32 Å². The third kappa shape index (κ3) is 4.63. The second kappa shape index (κ2) is 8.21. The minimum absolute atomic E-state index is 0.0264. The van der Waals surface area contributed by atoms with E-state index in [1.54, 1.807) is 12.1 Å². The number of hydrogen-bond donors (Lipinski definition) is 2. The number of nitrogens with one attached hydrogen (secondary N) is 1. The van der Waals surface area contributed by atoms with Crippen LogP contribution in [0, 0.1) is 0 Å². The topological polar surface area (TPSA) is 113 Å². The Balaban J connectivity index is 1.69. The van der Waals surface area contributed by atoms with Crippen LogP contribution in [0.5, 0.6) is 0 Å². The average Bonchev–Trinajstić information content (AvgIpc) is 2.91. The molecule has 0 aromatic heterocycles. The molecule has 0 bridgehead atoms. The molecule has 8 nitrogen and oxygen atoms in total. The maximum Gasteiger partial charge on any atom is 0.407 e. The molecule has 0 radical (unpaired) electrons. The molecule has 1 aliphatic rings. The highest BCUT2D eigenvalue weighted by molar-refractivity contribution is 6.15. The lowest BCUT2D eigenvalue weighted by molar-refractivity contribution is -0.154. The fraction of sp³-hybridized carbons (Fsp3) is 0.375. The molecule has 1 aliphatic heterocycles. The highest BCUT2D eigenvalue weighted by atomic mass is 16.5. The number of hydrogen-bond acceptors (Lipinski definition) is 6. The van der Waals surface area contributed by atoms with Crippen molar-refractivity contribution < 1.29 is 29.0 Å². The number of rotatable bonds is 6. The van der Waals surface area contributed by atoms with E-state index in [1.165, 1.54) is 0 Å². The standard InChI is InChI=1S/C16H18N2O6/c19-12(15(22)18-13(20)6-7-14(18)21)8-9-17-16(23)24-10-11-4-2-1-3-5-11/h1-5,12,19H,6-10H2,(H,17,23)/t12-/m0/s1. The third-order valence-corrected chi connectivity index (χ3v) is 3.46. The number of likely N-dealkylation sites (tertiary alicyclic amines) is 1. The van der Waals surface area contributed by atoms with Crippen molar-refractivity contribution in [2.75, 3.05) is 6.54 Å². The van der Waals surface area contributed by atoms with Crippen LogP contribution in [0.1, 0.15) is 24.8 Å². The molecule has 1 aromatic carbocycles. The number of nitrogens with zero attached hydrogens (tertiary/aromatic N) is 1. The van der Waals surface area contributed by atoms with Crippen molar-refractivity contribution in [2.24, 2.45) is 0 Å². The molecule has 128 valence electrons. The summed E-state index contributed by atoms with van der Waals surface area (Å²) in [7, 11) is 0. The maximum atomic E-state index is 11.8. The van der Waals surface area contributed by atoms with E-state index in [-0.39, 0.29) is 32.4 Å². The summed E-state index contributed by atoms with van der Waals surface area (Å²) in [6.07, 6.45) is -2.41. The maximum absolute atomic E-state index is 11.8. The van der Waals surface area contributed by atoms with Crippen LogP contribution in [0.15, 0.2) is 30.3 Å². The Morgan fingerprint density at radius 1 is 1.17 bits per heavy atom. The van der Waals surface area contributed by atoms with Gasteiger partial charge in [-0.05, 0) is 12.0 Å². The molecule has 4 amide bonds. The predicted octanol–water partition coefficient (Wildman–Crippen LogP) is 0.339. The fourth-order valence-electron chi connectivity index (χ4n) is 2.18. The van der Waals surface area contributed by atoms with Crippen molar-refractivity contribution in [3.63, 3.8) is 0 Å². The number of carbonyl (C=O) groups is 4. The molecule has 1 atom stereocenters. The number of ether oxygens (including phenoxy) is 1. The molecule has 0 spiro atoms. The van der Waals surface area contributed by atoms with E-state index >= 15 is 0 Å². The molecule has 2 N–H and O–H groups in total. The van der Waals surface area contributed by atoms with Gasteiger partial charge in [-0.2, -0.15) is 0 Å². The zero-order chi connectivity index (χ0) is 17.5. The van der Waals surface area contributed by atoms with Crippen molar-refractivity contribution >= 4 is 23.8 Å². The van der Waals surface area contributed by atoms with Crippen LogP contribution in [-0.4, -0.2) is 46.5 Å². The van der Waals surface area contributed by atoms with Crippen molar-refractivity contribution in [1.29, 1.82) is 0 Å². The summed E-state index contributed by atoms with van der Waals surface area (Å²) in [5.74, 6) is -2.18. The van der Waals surface area contributed by atoms with E-state index in [9.17, 15) is 24.3 Å². The molecule has 0 aliphatic carbocycles. The summed E-state index contributed by atoms with van der Waals surface area (Å²) in [4.78, 5) is 46.7. The van der Waals surface area contributed by atoms with Gasteiger partial charge >= 0.3 is 6.09 Å². The van der Waals surface area contributed by atoms with Gasteiger partial charge in [-0.15, -0.1) is 0 Å². The molecule has 0 saturated carbocycles. The number of aliphatic hydroxyl groups excluding tert-OH is 1. The van der Waals surface area contributed by atoms with Gasteiger partial charge in [0.1, 0.15) is 12.7 Å². The van der Waals surface area contributed by atoms with Crippen LogP contribution in [0.4, 0.5) is 4.79 Å². The smallest absolute Gasteiger partial charge is 0.407 e. The van der Waals surface area contributed by atoms with E-state index in [0.29, 0.717) is 4.90 Å². The van der Waals surface area contributed by atoms with Gasteiger partial charge in [-0.3, -0.25) is 14.4 Å². The lowest BCUT2D eigenvalue weighted by Crippen LogP contribution is -2.43. The van der Waals surface area contributed by atoms with Crippen LogP contribution in [0.3, 0.4) is 0 Å². The number of aliphatic hydroxyl groups is 1. The Hall–Kier alpha value is -2.74. The van der Waals surface area contributed by atoms with Crippen LogP contribution in [0.25, 0.3) is 0 Å². The monoisotopic (exact) mass is 334 g/mol. The van der Waals surface area contributed by atoms with Gasteiger partial charge in [0.05, 0.1) is 0 Å². The van der Waals surface area contributed by atoms with Gasteiger partial charge in [0.25, 0.3) is 5.91 Å². The summed E-state index contributed by atoms with van der Waals surface area (Å²) < 4.78 is 4.97. The minimum Gasteiger partial charge on any atom is -0.445 e. The average molecular weight is 334 g/mol. The molecule has 1 heterocycles. The van der Waals surface area contributed by atoms with Crippen molar-refractivity contribution in [3.05, 3.63) is 35.9 Å². The van der Waals surface area contributed by atoms with Gasteiger partial charge < -0.3 is 15.2 Å². The van der Waals surface area contributed by atoms with Gasteiger partial charge in [0, 0.05) is 19.4 Å². The highest BCUT2D eigenvalue weighted by Crippen LogP contribution is 2.14. The molecule has 1 fully saturated rings. The number of benzene rings is 1. The Bertz CT molecular complexity index is 615. The van der Waals surface area contributed by atoms with E-state index in [0.717, 1.165) is 5.56 Å². The van der Waals surface area contributed by atoms with E-state index in [1.807, 2.05) is 18.2 Å². The molecule has 0 unspecified atom stereocenters. The summed E-state index contributed by atoms with van der Waals surface area (Å²) in [5, 5.41) is 12.1. The van der Waals surface area contributed by atoms with Crippen molar-refractivity contribution in [1.82, 2.24) is 10.2 Å². The first-order valence-electron chi connectivity index (χ1n) is 7.51. The van der Waals surface area contributed by atoms with Crippen LogP contribution in [0.2, 0.25) is 0 Å². The summed E-state index contributed by atoms with van der Waals surface area (Å²) >= 11 is 0. The first-order chi connectivity index (χ1) is 11.5. The number of imide groups is 3. The minimum atomic E-state index is -1.54. The Morgan fingerprint density at radius 2 is 1.79 bits per heavy atom. The Morgan fingerprint density at radius 3 is 2.42 bits per heavy atom. The quantitative estimate of drug-likeness (QED) is 0.725. The molecule has 8 heteroatoms. The number of carbonyl (C=O) groups excluding carboxylic acids is 4. The van der Waals surface area contributed by atoms with Crippen molar-refractivity contribution in [2.45, 2.75) is 32.0 Å². The normalized spacial score (nSPS) is 15.3. The SMILES string of the molecule is O=C(NCC[C@H](O)C(=O)N1C(=O)CCC1=O)OCc1ccccc1. The molecular weight excluding hydrogens is 316 g/mol. The van der Waals surface area contributed by atoms with Crippen LogP contribution < -0.4 is 5.32 Å². The zero-order valence-electron chi connectivity index (χ0n) is 12.9. The second-order valence-corrected chi connectivity index (χ2v) is 5.25. The van der Waals surface area contributed by atoms with Gasteiger partial charge in [0.15, 0.2) is 0 Å². The Kier molecular flexibility index (Phi) is 6.02. The second-order valence-electron chi connectivity index (χ2n) is 5.25. The molecule has 1 aromatic rings. The molecule has 1 saturated heterocycles. The van der Waals surface area contributed by atoms with Gasteiger partial charge in [-0.1, -0.05) is 30.3 Å². The molecule has 24 heavy (non-hydrogen) atoms. The predicted molar refractivity (Wildman–Crippen MR) is 81.3 cm³/mol. The summed E-state index contributed by atoms with van der Waals surface area (Å²) in [6, 6.07) is 9.09. The summed E-state index contributed by atoms with van der Waals surface area (Å²) in [5.41, 5.74) is 0.828. The first-order valence-corrected chi connectivity index (χ1v) is 7.51. The molecular formula is C16H18N2O6. The number of amides is 4. The number of alkyl carbamates (subject to hydrolysis) is 1.